The summed E-state index contributed by atoms with van der Waals surface area (Å²) in [6.45, 7) is 3.50. The van der Waals surface area contributed by atoms with E-state index in [0.29, 0.717) is 6.42 Å². The summed E-state index contributed by atoms with van der Waals surface area (Å²) < 4.78 is 4.88. The van der Waals surface area contributed by atoms with Gasteiger partial charge in [0.15, 0.2) is 5.84 Å². The molecule has 0 radical (unpaired) electrons. The van der Waals surface area contributed by atoms with Crippen LogP contribution in [0.4, 0.5) is 0 Å². The van der Waals surface area contributed by atoms with Gasteiger partial charge in [0.1, 0.15) is 12.0 Å². The minimum Gasteiger partial charge on any atom is -0.409 e. The van der Waals surface area contributed by atoms with Crippen LogP contribution in [-0.2, 0) is 14.3 Å². The molecule has 8 nitrogen and oxygen atoms in total. The number of nitrogens with zero attached hydrogens (tertiary/aromatic N) is 1. The number of hydrogen-bond acceptors (Lipinski definition) is 5. The van der Waals surface area contributed by atoms with Gasteiger partial charge in [0, 0.05) is 6.54 Å². The Hall–Kier alpha value is -1.83. The van der Waals surface area contributed by atoms with Crippen molar-refractivity contribution in [3.63, 3.8) is 0 Å². The Morgan fingerprint density at radius 1 is 1.44 bits per heavy atom. The predicted octanol–water partition coefficient (Wildman–Crippen LogP) is -1.23. The zero-order valence-electron chi connectivity index (χ0n) is 10.6. The Morgan fingerprint density at radius 3 is 2.50 bits per heavy atom. The van der Waals surface area contributed by atoms with Gasteiger partial charge in [-0.25, -0.2) is 0 Å². The molecule has 0 aromatic carbocycles. The van der Waals surface area contributed by atoms with Crippen LogP contribution in [0, 0.1) is 5.41 Å². The van der Waals surface area contributed by atoms with Gasteiger partial charge in [0.25, 0.3) is 0 Å². The molecule has 0 rings (SSSR count). The molecule has 8 heteroatoms. The largest absolute Gasteiger partial charge is 0.409 e. The molecular weight excluding hydrogens is 240 g/mol. The van der Waals surface area contributed by atoms with E-state index in [-0.39, 0.29) is 31.5 Å². The number of hydrogen-bond donors (Lipinski definition) is 4. The lowest BCUT2D eigenvalue weighted by Crippen LogP contribution is -2.48. The highest BCUT2D eigenvalue weighted by Crippen LogP contribution is 2.21. The van der Waals surface area contributed by atoms with Gasteiger partial charge in [0.05, 0.1) is 6.61 Å². The van der Waals surface area contributed by atoms with Crippen molar-refractivity contribution in [2.24, 2.45) is 22.0 Å². The number of carbonyl (C=O) groups is 2. The van der Waals surface area contributed by atoms with Gasteiger partial charge >= 0.3 is 0 Å². The van der Waals surface area contributed by atoms with E-state index < -0.39 is 11.3 Å². The van der Waals surface area contributed by atoms with E-state index >= 15 is 0 Å². The van der Waals surface area contributed by atoms with Gasteiger partial charge in [-0.3, -0.25) is 9.59 Å². The fourth-order valence-corrected chi connectivity index (χ4v) is 1.17. The molecular formula is C10H20N4O4. The van der Waals surface area contributed by atoms with Crippen LogP contribution in [0.15, 0.2) is 5.16 Å². The van der Waals surface area contributed by atoms with E-state index in [9.17, 15) is 9.59 Å². The first-order valence-electron chi connectivity index (χ1n) is 5.50. The van der Waals surface area contributed by atoms with Gasteiger partial charge in [-0.1, -0.05) is 12.1 Å². The third-order valence-electron chi connectivity index (χ3n) is 2.66. The van der Waals surface area contributed by atoms with Gasteiger partial charge in [-0.15, -0.1) is 0 Å². The van der Waals surface area contributed by atoms with Gasteiger partial charge in [-0.05, 0) is 13.3 Å². The molecule has 0 aliphatic rings. The molecule has 1 atom stereocenters. The van der Waals surface area contributed by atoms with Crippen molar-refractivity contribution >= 4 is 17.6 Å². The standard InChI is InChI=1S/C10H20N4O4/c1-3-10(2,8(12)14-17)9(16)13-4-5-18-6-7(11)15/h17H,3-6H2,1-2H3,(H2,11,15)(H2,12,14)(H,13,16). The first-order valence-corrected chi connectivity index (χ1v) is 5.50. The smallest absolute Gasteiger partial charge is 0.243 e. The normalized spacial score (nSPS) is 14.9. The predicted molar refractivity (Wildman–Crippen MR) is 64.8 cm³/mol. The van der Waals surface area contributed by atoms with Crippen molar-refractivity contribution in [1.82, 2.24) is 5.32 Å². The fraction of sp³-hybridized carbons (Fsp3) is 0.700. The second-order valence-electron chi connectivity index (χ2n) is 3.95. The number of nitrogens with one attached hydrogen (secondary N) is 1. The lowest BCUT2D eigenvalue weighted by Gasteiger charge is -2.25. The van der Waals surface area contributed by atoms with Crippen molar-refractivity contribution in [3.05, 3.63) is 0 Å². The Morgan fingerprint density at radius 2 is 2.06 bits per heavy atom. The summed E-state index contributed by atoms with van der Waals surface area (Å²) in [5.41, 5.74) is 9.28. The Labute approximate surface area is 105 Å². The summed E-state index contributed by atoms with van der Waals surface area (Å²) in [5, 5.41) is 14.1. The highest BCUT2D eigenvalue weighted by atomic mass is 16.5. The minimum atomic E-state index is -1.07. The van der Waals surface area contributed by atoms with Crippen LogP contribution >= 0.6 is 0 Å². The number of primary amides is 1. The highest BCUT2D eigenvalue weighted by molar-refractivity contribution is 6.06. The van der Waals surface area contributed by atoms with Gasteiger partial charge in [-0.2, -0.15) is 0 Å². The second-order valence-corrected chi connectivity index (χ2v) is 3.95. The van der Waals surface area contributed by atoms with E-state index in [1.165, 1.54) is 0 Å². The average Bonchev–Trinajstić information content (AvgIpc) is 2.35. The topological polar surface area (TPSA) is 140 Å². The molecule has 0 aliphatic heterocycles. The SMILES string of the molecule is CCC(C)(C(=O)NCCOCC(N)=O)C(N)=NO. The Balaban J connectivity index is 4.18. The highest BCUT2D eigenvalue weighted by Gasteiger charge is 2.36. The molecule has 6 N–H and O–H groups in total. The van der Waals surface area contributed by atoms with E-state index in [2.05, 4.69) is 10.5 Å². The number of carbonyl (C=O) groups excluding carboxylic acids is 2. The molecule has 0 spiro atoms. The summed E-state index contributed by atoms with van der Waals surface area (Å²) in [5.74, 6) is -1.10. The van der Waals surface area contributed by atoms with E-state index in [4.69, 9.17) is 21.4 Å². The number of nitrogens with two attached hydrogens (primary N) is 2. The molecule has 0 saturated carbocycles. The Bertz CT molecular complexity index is 332. The summed E-state index contributed by atoms with van der Waals surface area (Å²) in [7, 11) is 0. The molecule has 0 aromatic rings. The van der Waals surface area contributed by atoms with Crippen LogP contribution in [0.1, 0.15) is 20.3 Å². The molecule has 0 aromatic heterocycles. The maximum atomic E-state index is 11.9. The van der Waals surface area contributed by atoms with E-state index in [1.54, 1.807) is 13.8 Å². The lowest BCUT2D eigenvalue weighted by molar-refractivity contribution is -0.127. The van der Waals surface area contributed by atoms with Crippen LogP contribution in [0.25, 0.3) is 0 Å². The molecule has 0 fully saturated rings. The third-order valence-corrected chi connectivity index (χ3v) is 2.66. The van der Waals surface area contributed by atoms with Crippen LogP contribution in [-0.4, -0.2) is 42.6 Å². The quantitative estimate of drug-likeness (QED) is 0.142. The first-order chi connectivity index (χ1) is 8.38. The monoisotopic (exact) mass is 260 g/mol. The second kappa shape index (κ2) is 7.49. The Kier molecular flexibility index (Phi) is 6.73. The van der Waals surface area contributed by atoms with Crippen LogP contribution in [0.5, 0.6) is 0 Å². The number of amides is 2. The number of oxime groups is 1. The third kappa shape index (κ3) is 4.58. The molecule has 1 unspecified atom stereocenters. The average molecular weight is 260 g/mol. The molecule has 2 amide bonds. The molecule has 0 heterocycles. The summed E-state index contributed by atoms with van der Waals surface area (Å²) in [6, 6.07) is 0. The van der Waals surface area contributed by atoms with Crippen molar-refractivity contribution in [2.45, 2.75) is 20.3 Å². The molecule has 18 heavy (non-hydrogen) atoms. The maximum absolute atomic E-state index is 11.9. The zero-order valence-corrected chi connectivity index (χ0v) is 10.6. The van der Waals surface area contributed by atoms with Crippen molar-refractivity contribution < 1.29 is 19.5 Å². The summed E-state index contributed by atoms with van der Waals surface area (Å²) in [6.07, 6.45) is 0.386. The number of amidine groups is 1. The van der Waals surface area contributed by atoms with Gasteiger partial charge in [0.2, 0.25) is 11.8 Å². The zero-order chi connectivity index (χ0) is 14.2. The van der Waals surface area contributed by atoms with Gasteiger partial charge < -0.3 is 26.7 Å². The van der Waals surface area contributed by atoms with Crippen LogP contribution in [0.2, 0.25) is 0 Å². The molecule has 104 valence electrons. The fourth-order valence-electron chi connectivity index (χ4n) is 1.17. The summed E-state index contributed by atoms with van der Waals surface area (Å²) in [4.78, 5) is 22.2. The molecule has 0 bridgehead atoms. The summed E-state index contributed by atoms with van der Waals surface area (Å²) >= 11 is 0. The van der Waals surface area contributed by atoms with E-state index in [0.717, 1.165) is 0 Å². The molecule has 0 saturated heterocycles. The van der Waals surface area contributed by atoms with Crippen molar-refractivity contribution in [1.29, 1.82) is 0 Å². The van der Waals surface area contributed by atoms with Crippen molar-refractivity contribution in [2.75, 3.05) is 19.8 Å². The van der Waals surface area contributed by atoms with Crippen molar-refractivity contribution in [3.8, 4) is 0 Å². The minimum absolute atomic E-state index is 0.152. The van der Waals surface area contributed by atoms with E-state index in [1.807, 2.05) is 0 Å². The first kappa shape index (κ1) is 16.2. The lowest BCUT2D eigenvalue weighted by atomic mass is 9.85. The van der Waals surface area contributed by atoms with Crippen LogP contribution in [0.3, 0.4) is 0 Å². The van der Waals surface area contributed by atoms with Crippen LogP contribution < -0.4 is 16.8 Å². The molecule has 0 aliphatic carbocycles. The number of ether oxygens (including phenoxy) is 1. The number of rotatable bonds is 8. The maximum Gasteiger partial charge on any atom is 0.243 e.